The molecule has 1 rings (SSSR count). The van der Waals surface area contributed by atoms with Crippen molar-refractivity contribution in [3.05, 3.63) is 11.6 Å². The second kappa shape index (κ2) is 4.08. The highest BCUT2D eigenvalue weighted by molar-refractivity contribution is 5.06. The van der Waals surface area contributed by atoms with E-state index in [1.54, 1.807) is 0 Å². The molecule has 1 heteroatoms. The summed E-state index contributed by atoms with van der Waals surface area (Å²) in [6.07, 6.45) is 5.14. The van der Waals surface area contributed by atoms with Gasteiger partial charge in [0.2, 0.25) is 0 Å². The van der Waals surface area contributed by atoms with Crippen LogP contribution in [-0.4, -0.2) is 13.2 Å². The maximum atomic E-state index is 5.49. The van der Waals surface area contributed by atoms with Crippen molar-refractivity contribution in [3.8, 4) is 0 Å². The molecule has 2 atom stereocenters. The number of hydrogen-bond donors (Lipinski definition) is 0. The van der Waals surface area contributed by atoms with Crippen molar-refractivity contribution in [2.45, 2.75) is 39.7 Å². The Morgan fingerprint density at radius 2 is 2.17 bits per heavy atom. The first-order valence-electron chi connectivity index (χ1n) is 4.83. The lowest BCUT2D eigenvalue weighted by Gasteiger charge is -2.32. The third kappa shape index (κ3) is 2.10. The first-order chi connectivity index (χ1) is 5.65. The summed E-state index contributed by atoms with van der Waals surface area (Å²) in [5, 5.41) is 0. The summed E-state index contributed by atoms with van der Waals surface area (Å²) >= 11 is 0. The van der Waals surface area contributed by atoms with E-state index in [1.807, 2.05) is 7.11 Å². The molecule has 0 unspecified atom stereocenters. The van der Waals surface area contributed by atoms with Crippen LogP contribution in [0.5, 0.6) is 0 Å². The van der Waals surface area contributed by atoms with Crippen molar-refractivity contribution in [1.82, 2.24) is 0 Å². The minimum Gasteiger partial charge on any atom is -0.381 e. The summed E-state index contributed by atoms with van der Waals surface area (Å²) in [6, 6.07) is 0. The minimum atomic E-state index is 0.454. The Morgan fingerprint density at radius 1 is 1.50 bits per heavy atom. The zero-order valence-electron chi connectivity index (χ0n) is 8.63. The van der Waals surface area contributed by atoms with Crippen LogP contribution in [0.25, 0.3) is 0 Å². The Hall–Kier alpha value is -0.300. The average Bonchev–Trinajstić information content (AvgIpc) is 2.03. The van der Waals surface area contributed by atoms with E-state index in [9.17, 15) is 0 Å². The fourth-order valence-corrected chi connectivity index (χ4v) is 2.00. The van der Waals surface area contributed by atoms with Crippen LogP contribution in [0.4, 0.5) is 0 Å². The van der Waals surface area contributed by atoms with Gasteiger partial charge in [0.15, 0.2) is 0 Å². The molecule has 0 aromatic rings. The Kier molecular flexibility index (Phi) is 3.33. The van der Waals surface area contributed by atoms with Crippen molar-refractivity contribution in [1.29, 1.82) is 0 Å². The van der Waals surface area contributed by atoms with Crippen LogP contribution in [0.3, 0.4) is 0 Å². The van der Waals surface area contributed by atoms with Gasteiger partial charge in [0.05, 0.1) is 6.10 Å². The summed E-state index contributed by atoms with van der Waals surface area (Å²) in [5.74, 6) is 1.46. The zero-order valence-corrected chi connectivity index (χ0v) is 8.63. The standard InChI is InChI=1S/C11H20O/c1-8(2)10-6-5-9(3)7-11(10)12-4/h5,8,10-11H,6-7H2,1-4H3/t10-,11+/m0/s1. The van der Waals surface area contributed by atoms with Gasteiger partial charge in [-0.2, -0.15) is 0 Å². The smallest absolute Gasteiger partial charge is 0.0641 e. The number of allylic oxidation sites excluding steroid dienone is 1. The van der Waals surface area contributed by atoms with Gasteiger partial charge in [0.1, 0.15) is 0 Å². The molecule has 1 aliphatic rings. The summed E-state index contributed by atoms with van der Waals surface area (Å²) in [6.45, 7) is 6.76. The van der Waals surface area contributed by atoms with Crippen molar-refractivity contribution in [3.63, 3.8) is 0 Å². The van der Waals surface area contributed by atoms with Crippen LogP contribution in [-0.2, 0) is 4.74 Å². The number of ether oxygens (including phenoxy) is 1. The molecule has 0 bridgehead atoms. The molecule has 0 aromatic heterocycles. The Labute approximate surface area is 75.8 Å². The van der Waals surface area contributed by atoms with Crippen LogP contribution in [0.15, 0.2) is 11.6 Å². The van der Waals surface area contributed by atoms with Crippen molar-refractivity contribution in [2.24, 2.45) is 11.8 Å². The lowest BCUT2D eigenvalue weighted by molar-refractivity contribution is 0.0298. The summed E-state index contributed by atoms with van der Waals surface area (Å²) in [5.41, 5.74) is 1.48. The molecule has 0 saturated carbocycles. The molecule has 0 radical (unpaired) electrons. The molecule has 1 aliphatic carbocycles. The molecule has 0 aromatic carbocycles. The summed E-state index contributed by atoms with van der Waals surface area (Å²) in [4.78, 5) is 0. The van der Waals surface area contributed by atoms with E-state index in [0.717, 1.165) is 18.3 Å². The fraction of sp³-hybridized carbons (Fsp3) is 0.818. The number of hydrogen-bond acceptors (Lipinski definition) is 1. The van der Waals surface area contributed by atoms with Gasteiger partial charge < -0.3 is 4.74 Å². The highest BCUT2D eigenvalue weighted by atomic mass is 16.5. The summed E-state index contributed by atoms with van der Waals surface area (Å²) in [7, 11) is 1.83. The molecule has 0 heterocycles. The Morgan fingerprint density at radius 3 is 2.67 bits per heavy atom. The monoisotopic (exact) mass is 168 g/mol. The van der Waals surface area contributed by atoms with Gasteiger partial charge in [-0.15, -0.1) is 0 Å². The molecular weight excluding hydrogens is 148 g/mol. The SMILES string of the molecule is CO[C@@H]1CC(C)=CC[C@H]1C(C)C. The second-order valence-corrected chi connectivity index (χ2v) is 4.17. The topological polar surface area (TPSA) is 9.23 Å². The molecule has 1 nitrogen and oxygen atoms in total. The van der Waals surface area contributed by atoms with Crippen LogP contribution in [0, 0.1) is 11.8 Å². The second-order valence-electron chi connectivity index (χ2n) is 4.17. The first kappa shape index (κ1) is 9.79. The molecule has 70 valence electrons. The maximum Gasteiger partial charge on any atom is 0.0641 e. The predicted octanol–water partition coefficient (Wildman–Crippen LogP) is 3.01. The minimum absolute atomic E-state index is 0.454. The zero-order chi connectivity index (χ0) is 9.14. The van der Waals surface area contributed by atoms with E-state index >= 15 is 0 Å². The lowest BCUT2D eigenvalue weighted by atomic mass is 9.80. The average molecular weight is 168 g/mol. The maximum absolute atomic E-state index is 5.49. The van der Waals surface area contributed by atoms with E-state index in [0.29, 0.717) is 6.10 Å². The van der Waals surface area contributed by atoms with Gasteiger partial charge in [-0.3, -0.25) is 0 Å². The lowest BCUT2D eigenvalue weighted by Crippen LogP contribution is -2.29. The third-order valence-electron chi connectivity index (χ3n) is 2.90. The van der Waals surface area contributed by atoms with Gasteiger partial charge in [-0.05, 0) is 31.6 Å². The first-order valence-corrected chi connectivity index (χ1v) is 4.83. The van der Waals surface area contributed by atoms with E-state index in [-0.39, 0.29) is 0 Å². The highest BCUT2D eigenvalue weighted by Gasteiger charge is 2.26. The van der Waals surface area contributed by atoms with E-state index in [2.05, 4.69) is 26.8 Å². The molecule has 0 spiro atoms. The van der Waals surface area contributed by atoms with Crippen molar-refractivity contribution < 1.29 is 4.74 Å². The number of methoxy groups -OCH3 is 1. The van der Waals surface area contributed by atoms with E-state index in [1.165, 1.54) is 12.0 Å². The van der Waals surface area contributed by atoms with Crippen LogP contribution >= 0.6 is 0 Å². The van der Waals surface area contributed by atoms with E-state index < -0.39 is 0 Å². The number of rotatable bonds is 2. The molecule has 0 saturated heterocycles. The Balaban J connectivity index is 2.63. The normalized spacial score (nSPS) is 30.6. The van der Waals surface area contributed by atoms with Gasteiger partial charge >= 0.3 is 0 Å². The Bertz CT molecular complexity index is 170. The van der Waals surface area contributed by atoms with Crippen molar-refractivity contribution in [2.75, 3.05) is 7.11 Å². The van der Waals surface area contributed by atoms with Crippen molar-refractivity contribution >= 4 is 0 Å². The van der Waals surface area contributed by atoms with E-state index in [4.69, 9.17) is 4.74 Å². The molecule has 0 N–H and O–H groups in total. The highest BCUT2D eigenvalue weighted by Crippen LogP contribution is 2.30. The molecule has 0 fully saturated rings. The van der Waals surface area contributed by atoms with Crippen LogP contribution < -0.4 is 0 Å². The van der Waals surface area contributed by atoms with Crippen LogP contribution in [0.2, 0.25) is 0 Å². The largest absolute Gasteiger partial charge is 0.381 e. The van der Waals surface area contributed by atoms with Gasteiger partial charge in [0.25, 0.3) is 0 Å². The van der Waals surface area contributed by atoms with Gasteiger partial charge in [-0.1, -0.05) is 25.5 Å². The van der Waals surface area contributed by atoms with Gasteiger partial charge in [-0.25, -0.2) is 0 Å². The quantitative estimate of drug-likeness (QED) is 0.576. The predicted molar refractivity (Wildman–Crippen MR) is 52.1 cm³/mol. The molecule has 12 heavy (non-hydrogen) atoms. The third-order valence-corrected chi connectivity index (χ3v) is 2.90. The molecule has 0 aliphatic heterocycles. The molecular formula is C11H20O. The van der Waals surface area contributed by atoms with Gasteiger partial charge in [0, 0.05) is 7.11 Å². The fourth-order valence-electron chi connectivity index (χ4n) is 2.00. The summed E-state index contributed by atoms with van der Waals surface area (Å²) < 4.78 is 5.49. The molecule has 0 amide bonds. The van der Waals surface area contributed by atoms with Crippen LogP contribution in [0.1, 0.15) is 33.6 Å².